The molecule has 0 atom stereocenters. The van der Waals surface area contributed by atoms with E-state index in [1.54, 1.807) is 32.9 Å². The Morgan fingerprint density at radius 1 is 1.00 bits per heavy atom. The van der Waals surface area contributed by atoms with E-state index in [4.69, 9.17) is 0 Å². The molecule has 1 aromatic carbocycles. The number of hydrogen-bond donors (Lipinski definition) is 0. The number of hydrogen-bond acceptors (Lipinski definition) is 4. The monoisotopic (exact) mass is 406 g/mol. The fourth-order valence-electron chi connectivity index (χ4n) is 4.63. The first kappa shape index (κ1) is 21.0. The zero-order chi connectivity index (χ0) is 20.5. The van der Waals surface area contributed by atoms with Gasteiger partial charge in [-0.05, 0) is 42.9 Å². The van der Waals surface area contributed by atoms with E-state index < -0.39 is 10.0 Å². The Kier molecular flexibility index (Phi) is 5.96. The topological polar surface area (TPSA) is 74.8 Å². The van der Waals surface area contributed by atoms with E-state index in [9.17, 15) is 18.0 Å². The number of imide groups is 1. The van der Waals surface area contributed by atoms with Crippen LogP contribution in [0.2, 0.25) is 0 Å². The van der Waals surface area contributed by atoms with Crippen LogP contribution in [0.15, 0.2) is 23.1 Å². The number of piperidine rings is 1. The predicted molar refractivity (Wildman–Crippen MR) is 109 cm³/mol. The fraction of sp³-hybridized carbons (Fsp3) is 0.619. The lowest BCUT2D eigenvalue weighted by Crippen LogP contribution is -2.49. The zero-order valence-electron chi connectivity index (χ0n) is 17.0. The SMILES string of the molecule is CCN(CC)S(=O)(=O)c1ccc(C)c(N2C(=O)CC3(CCCCC3)CC2=O)c1. The van der Waals surface area contributed by atoms with Crippen LogP contribution in [0.1, 0.15) is 64.4 Å². The molecule has 0 N–H and O–H groups in total. The molecule has 28 heavy (non-hydrogen) atoms. The van der Waals surface area contributed by atoms with Crippen molar-refractivity contribution in [3.63, 3.8) is 0 Å². The second-order valence-corrected chi connectivity index (χ2v) is 10.0. The molecule has 1 heterocycles. The molecule has 6 nitrogen and oxygen atoms in total. The molecule has 3 rings (SSSR count). The summed E-state index contributed by atoms with van der Waals surface area (Å²) in [6.45, 7) is 6.11. The summed E-state index contributed by atoms with van der Waals surface area (Å²) < 4.78 is 27.1. The number of amides is 2. The smallest absolute Gasteiger partial charge is 0.243 e. The maximum Gasteiger partial charge on any atom is 0.243 e. The maximum absolute atomic E-state index is 13.0. The average Bonchev–Trinajstić information content (AvgIpc) is 2.63. The zero-order valence-corrected chi connectivity index (χ0v) is 17.8. The van der Waals surface area contributed by atoms with Crippen molar-refractivity contribution in [2.75, 3.05) is 18.0 Å². The molecule has 1 saturated heterocycles. The van der Waals surface area contributed by atoms with Gasteiger partial charge >= 0.3 is 0 Å². The minimum Gasteiger partial charge on any atom is -0.274 e. The minimum absolute atomic E-state index is 0.121. The lowest BCUT2D eigenvalue weighted by molar-refractivity contribution is -0.134. The standard InChI is InChI=1S/C21H30N2O4S/c1-4-22(5-2)28(26,27)17-10-9-16(3)18(13-17)23-19(24)14-21(15-20(23)25)11-7-6-8-12-21/h9-10,13H,4-8,11-12,14-15H2,1-3H3. The Balaban J connectivity index is 1.96. The summed E-state index contributed by atoms with van der Waals surface area (Å²) in [5, 5.41) is 0. The number of carbonyl (C=O) groups excluding carboxylic acids is 2. The second kappa shape index (κ2) is 7.95. The fourth-order valence-corrected chi connectivity index (χ4v) is 6.11. The second-order valence-electron chi connectivity index (χ2n) is 8.07. The van der Waals surface area contributed by atoms with Crippen LogP contribution in [0.3, 0.4) is 0 Å². The van der Waals surface area contributed by atoms with E-state index in [1.165, 1.54) is 15.3 Å². The number of carbonyl (C=O) groups is 2. The van der Waals surface area contributed by atoms with Gasteiger partial charge in [0.2, 0.25) is 21.8 Å². The quantitative estimate of drug-likeness (QED) is 0.700. The van der Waals surface area contributed by atoms with Crippen molar-refractivity contribution in [3.05, 3.63) is 23.8 Å². The summed E-state index contributed by atoms with van der Waals surface area (Å²) in [7, 11) is -3.66. The van der Waals surface area contributed by atoms with Crippen LogP contribution < -0.4 is 4.90 Å². The van der Waals surface area contributed by atoms with Crippen LogP contribution in [-0.2, 0) is 19.6 Å². The third kappa shape index (κ3) is 3.74. The Bertz CT molecular complexity index is 848. The Morgan fingerprint density at radius 2 is 1.57 bits per heavy atom. The van der Waals surface area contributed by atoms with Gasteiger partial charge < -0.3 is 0 Å². The van der Waals surface area contributed by atoms with Gasteiger partial charge in [0.25, 0.3) is 0 Å². The highest BCUT2D eigenvalue weighted by molar-refractivity contribution is 7.89. The van der Waals surface area contributed by atoms with E-state index in [1.807, 2.05) is 0 Å². The van der Waals surface area contributed by atoms with Crippen LogP contribution in [0.25, 0.3) is 0 Å². The van der Waals surface area contributed by atoms with Crippen molar-refractivity contribution < 1.29 is 18.0 Å². The molecule has 1 saturated carbocycles. The average molecular weight is 407 g/mol. The van der Waals surface area contributed by atoms with Crippen LogP contribution >= 0.6 is 0 Å². The molecule has 1 aliphatic carbocycles. The molecular weight excluding hydrogens is 376 g/mol. The van der Waals surface area contributed by atoms with Crippen LogP contribution in [0.5, 0.6) is 0 Å². The van der Waals surface area contributed by atoms with Crippen LogP contribution in [-0.4, -0.2) is 37.6 Å². The van der Waals surface area contributed by atoms with Gasteiger partial charge in [-0.15, -0.1) is 0 Å². The lowest BCUT2D eigenvalue weighted by atomic mass is 9.67. The normalized spacial score (nSPS) is 20.2. The Labute approximate surface area is 167 Å². The van der Waals surface area contributed by atoms with Crippen molar-refractivity contribution in [1.29, 1.82) is 0 Å². The third-order valence-corrected chi connectivity index (χ3v) is 8.28. The van der Waals surface area contributed by atoms with Gasteiger partial charge in [0.15, 0.2) is 0 Å². The van der Waals surface area contributed by atoms with Gasteiger partial charge in [-0.3, -0.25) is 14.5 Å². The third-order valence-electron chi connectivity index (χ3n) is 6.23. The van der Waals surface area contributed by atoms with Gasteiger partial charge in [0.05, 0.1) is 10.6 Å². The lowest BCUT2D eigenvalue weighted by Gasteiger charge is -2.42. The molecule has 7 heteroatoms. The van der Waals surface area contributed by atoms with Crippen LogP contribution in [0, 0.1) is 12.3 Å². The van der Waals surface area contributed by atoms with Crippen LogP contribution in [0.4, 0.5) is 5.69 Å². The number of sulfonamides is 1. The van der Waals surface area contributed by atoms with Gasteiger partial charge in [-0.2, -0.15) is 4.31 Å². The summed E-state index contributed by atoms with van der Waals surface area (Å²) >= 11 is 0. The van der Waals surface area contributed by atoms with E-state index in [0.29, 0.717) is 31.6 Å². The molecule has 2 aliphatic rings. The van der Waals surface area contributed by atoms with Crippen molar-refractivity contribution >= 4 is 27.5 Å². The van der Waals surface area contributed by atoms with E-state index in [-0.39, 0.29) is 22.1 Å². The number of nitrogens with zero attached hydrogens (tertiary/aromatic N) is 2. The predicted octanol–water partition coefficient (Wildman–Crippen LogP) is 3.63. The van der Waals surface area contributed by atoms with E-state index in [0.717, 1.165) is 37.7 Å². The summed E-state index contributed by atoms with van der Waals surface area (Å²) in [6, 6.07) is 4.71. The maximum atomic E-state index is 13.0. The first-order valence-corrected chi connectivity index (χ1v) is 11.6. The molecule has 2 fully saturated rings. The number of anilines is 1. The first-order chi connectivity index (χ1) is 13.2. The molecule has 1 spiro atoms. The summed E-state index contributed by atoms with van der Waals surface area (Å²) in [4.78, 5) is 27.3. The van der Waals surface area contributed by atoms with Crippen molar-refractivity contribution in [2.24, 2.45) is 5.41 Å². The van der Waals surface area contributed by atoms with Crippen molar-refractivity contribution in [2.45, 2.75) is 70.6 Å². The van der Waals surface area contributed by atoms with Gasteiger partial charge in [0, 0.05) is 25.9 Å². The molecule has 0 radical (unpaired) electrons. The highest BCUT2D eigenvalue weighted by Crippen LogP contribution is 2.46. The Hall–Kier alpha value is -1.73. The number of rotatable bonds is 5. The largest absolute Gasteiger partial charge is 0.274 e. The first-order valence-electron chi connectivity index (χ1n) is 10.2. The summed E-state index contributed by atoms with van der Waals surface area (Å²) in [5.74, 6) is -0.419. The summed E-state index contributed by atoms with van der Waals surface area (Å²) in [5.41, 5.74) is 0.926. The number of aryl methyl sites for hydroxylation is 1. The Morgan fingerprint density at radius 3 is 2.11 bits per heavy atom. The highest BCUT2D eigenvalue weighted by atomic mass is 32.2. The minimum atomic E-state index is -3.66. The summed E-state index contributed by atoms with van der Waals surface area (Å²) in [6.07, 6.45) is 5.88. The number of benzene rings is 1. The van der Waals surface area contributed by atoms with Gasteiger partial charge in [-0.1, -0.05) is 39.2 Å². The van der Waals surface area contributed by atoms with E-state index in [2.05, 4.69) is 0 Å². The van der Waals surface area contributed by atoms with E-state index >= 15 is 0 Å². The molecule has 2 amide bonds. The molecule has 1 aliphatic heterocycles. The molecule has 0 aromatic heterocycles. The van der Waals surface area contributed by atoms with Crippen molar-refractivity contribution in [1.82, 2.24) is 4.31 Å². The van der Waals surface area contributed by atoms with Crippen molar-refractivity contribution in [3.8, 4) is 0 Å². The van der Waals surface area contributed by atoms with Gasteiger partial charge in [0.1, 0.15) is 0 Å². The molecule has 0 bridgehead atoms. The molecular formula is C21H30N2O4S. The molecule has 0 unspecified atom stereocenters. The van der Waals surface area contributed by atoms with Gasteiger partial charge in [-0.25, -0.2) is 8.42 Å². The highest BCUT2D eigenvalue weighted by Gasteiger charge is 2.45. The molecule has 1 aromatic rings. The molecule has 154 valence electrons.